The summed E-state index contributed by atoms with van der Waals surface area (Å²) >= 11 is 0. The molecule has 6 nitrogen and oxygen atoms in total. The lowest BCUT2D eigenvalue weighted by Crippen LogP contribution is -2.56. The van der Waals surface area contributed by atoms with E-state index < -0.39 is 22.9 Å². The Morgan fingerprint density at radius 1 is 1.10 bits per heavy atom. The van der Waals surface area contributed by atoms with Crippen molar-refractivity contribution in [2.75, 3.05) is 7.11 Å². The summed E-state index contributed by atoms with van der Waals surface area (Å²) in [5.41, 5.74) is -2.81. The molecule has 0 amide bonds. The topological polar surface area (TPSA) is 85.2 Å². The molecule has 2 bridgehead atoms. The van der Waals surface area contributed by atoms with Crippen LogP contribution in [0.1, 0.15) is 73.6 Å². The van der Waals surface area contributed by atoms with Crippen molar-refractivity contribution in [3.63, 3.8) is 0 Å². The third-order valence-corrected chi connectivity index (χ3v) is 8.01. The Morgan fingerprint density at radius 2 is 1.76 bits per heavy atom. The van der Waals surface area contributed by atoms with Crippen LogP contribution in [0.3, 0.4) is 0 Å². The fourth-order valence-electron chi connectivity index (χ4n) is 6.65. The summed E-state index contributed by atoms with van der Waals surface area (Å²) in [5, 5.41) is 22.7. The third kappa shape index (κ3) is 4.10. The minimum Gasteiger partial charge on any atom is -0.457 e. The lowest BCUT2D eigenvalue weighted by atomic mass is 9.57. The number of hydrogen-bond acceptors (Lipinski definition) is 6. The first kappa shape index (κ1) is 23.0. The second-order valence-electron chi connectivity index (χ2n) is 10.7. The number of ether oxygens (including phenoxy) is 3. The molecule has 3 rings (SSSR count). The molecule has 3 aliphatic rings. The van der Waals surface area contributed by atoms with E-state index in [1.54, 1.807) is 14.0 Å². The van der Waals surface area contributed by atoms with Crippen LogP contribution in [-0.2, 0) is 19.0 Å². The largest absolute Gasteiger partial charge is 0.457 e. The molecule has 9 atom stereocenters. The van der Waals surface area contributed by atoms with Crippen LogP contribution in [0, 0.1) is 23.7 Å². The zero-order valence-corrected chi connectivity index (χ0v) is 19.1. The lowest BCUT2D eigenvalue weighted by molar-refractivity contribution is -0.180. The average molecular weight is 413 g/mol. The molecule has 0 aromatic heterocycles. The molecule has 0 aromatic rings. The van der Waals surface area contributed by atoms with Gasteiger partial charge < -0.3 is 24.4 Å². The molecule has 0 radical (unpaired) electrons. The van der Waals surface area contributed by atoms with Crippen molar-refractivity contribution < 1.29 is 29.2 Å². The van der Waals surface area contributed by atoms with Crippen LogP contribution >= 0.6 is 0 Å². The van der Waals surface area contributed by atoms with Crippen molar-refractivity contribution in [2.45, 2.75) is 109 Å². The van der Waals surface area contributed by atoms with Gasteiger partial charge in [0.05, 0.1) is 23.4 Å². The fourth-order valence-corrected chi connectivity index (χ4v) is 6.65. The number of aliphatic hydroxyl groups is 2. The van der Waals surface area contributed by atoms with E-state index in [9.17, 15) is 15.0 Å². The Morgan fingerprint density at radius 3 is 2.31 bits per heavy atom. The van der Waals surface area contributed by atoms with Gasteiger partial charge in [-0.2, -0.15) is 0 Å². The number of carbonyl (C=O) groups is 1. The van der Waals surface area contributed by atoms with Crippen molar-refractivity contribution in [3.05, 3.63) is 0 Å². The lowest BCUT2D eigenvalue weighted by Gasteiger charge is -2.50. The van der Waals surface area contributed by atoms with Crippen LogP contribution < -0.4 is 0 Å². The minimum atomic E-state index is -1.10. The molecule has 1 saturated carbocycles. The molecule has 2 aliphatic heterocycles. The Kier molecular flexibility index (Phi) is 6.16. The van der Waals surface area contributed by atoms with E-state index in [0.717, 1.165) is 6.42 Å². The Balaban J connectivity index is 2.11. The molecule has 3 fully saturated rings. The van der Waals surface area contributed by atoms with E-state index in [1.165, 1.54) is 6.92 Å². The second kappa shape index (κ2) is 7.77. The van der Waals surface area contributed by atoms with Crippen molar-refractivity contribution in [3.8, 4) is 0 Å². The monoisotopic (exact) mass is 412 g/mol. The predicted molar refractivity (Wildman–Crippen MR) is 109 cm³/mol. The fraction of sp³-hybridized carbons (Fsp3) is 0.957. The summed E-state index contributed by atoms with van der Waals surface area (Å²) in [6.45, 7) is 11.5. The van der Waals surface area contributed by atoms with Gasteiger partial charge in [0.25, 0.3) is 0 Å². The van der Waals surface area contributed by atoms with E-state index in [-0.39, 0.29) is 30.0 Å². The van der Waals surface area contributed by atoms with Crippen LogP contribution in [-0.4, -0.2) is 58.4 Å². The summed E-state index contributed by atoms with van der Waals surface area (Å²) in [6, 6.07) is 0. The van der Waals surface area contributed by atoms with Gasteiger partial charge in [-0.3, -0.25) is 4.79 Å². The maximum Gasteiger partial charge on any atom is 0.303 e. The molecule has 0 unspecified atom stereocenters. The molecule has 1 aliphatic carbocycles. The first-order chi connectivity index (χ1) is 13.3. The number of rotatable bonds is 3. The summed E-state index contributed by atoms with van der Waals surface area (Å²) in [7, 11) is 1.60. The minimum absolute atomic E-state index is 0.0722. The smallest absolute Gasteiger partial charge is 0.303 e. The average Bonchev–Trinajstić information content (AvgIpc) is 2.95. The van der Waals surface area contributed by atoms with Crippen molar-refractivity contribution in [2.24, 2.45) is 23.7 Å². The van der Waals surface area contributed by atoms with Gasteiger partial charge in [0.15, 0.2) is 0 Å². The van der Waals surface area contributed by atoms with E-state index >= 15 is 0 Å². The van der Waals surface area contributed by atoms with Crippen LogP contribution in [0.2, 0.25) is 0 Å². The van der Waals surface area contributed by atoms with Crippen LogP contribution in [0.4, 0.5) is 0 Å². The summed E-state index contributed by atoms with van der Waals surface area (Å²) in [5.74, 6) is 0.418. The molecule has 0 spiro atoms. The molecular formula is C23H40O6. The number of methoxy groups -OCH3 is 1. The number of esters is 1. The van der Waals surface area contributed by atoms with Crippen molar-refractivity contribution >= 4 is 5.97 Å². The maximum atomic E-state index is 12.0. The highest BCUT2D eigenvalue weighted by molar-refractivity contribution is 5.66. The second-order valence-corrected chi connectivity index (χ2v) is 10.7. The first-order valence-corrected chi connectivity index (χ1v) is 11.1. The van der Waals surface area contributed by atoms with E-state index in [2.05, 4.69) is 13.8 Å². The van der Waals surface area contributed by atoms with E-state index in [1.807, 2.05) is 13.8 Å². The number of fused-ring (bicyclic) bond motifs is 5. The summed E-state index contributed by atoms with van der Waals surface area (Å²) < 4.78 is 18.2. The molecule has 6 heteroatoms. The van der Waals surface area contributed by atoms with Crippen LogP contribution in [0.15, 0.2) is 0 Å². The highest BCUT2D eigenvalue weighted by Crippen LogP contribution is 2.57. The normalized spacial score (nSPS) is 50.4. The first-order valence-electron chi connectivity index (χ1n) is 11.1. The molecule has 0 aromatic carbocycles. The highest BCUT2D eigenvalue weighted by Gasteiger charge is 2.64. The number of carbonyl (C=O) groups excluding carboxylic acids is 1. The maximum absolute atomic E-state index is 12.0. The van der Waals surface area contributed by atoms with Crippen molar-refractivity contribution in [1.29, 1.82) is 0 Å². The van der Waals surface area contributed by atoms with Gasteiger partial charge in [-0.25, -0.2) is 0 Å². The van der Waals surface area contributed by atoms with Gasteiger partial charge in [-0.15, -0.1) is 0 Å². The highest BCUT2D eigenvalue weighted by atomic mass is 16.6. The molecular weight excluding hydrogens is 372 g/mol. The number of hydrogen-bond donors (Lipinski definition) is 2. The molecule has 2 heterocycles. The molecule has 2 N–H and O–H groups in total. The van der Waals surface area contributed by atoms with Gasteiger partial charge in [0.2, 0.25) is 0 Å². The third-order valence-electron chi connectivity index (χ3n) is 8.01. The van der Waals surface area contributed by atoms with Crippen molar-refractivity contribution in [1.82, 2.24) is 0 Å². The van der Waals surface area contributed by atoms with Gasteiger partial charge >= 0.3 is 5.97 Å². The zero-order chi connectivity index (χ0) is 21.8. The van der Waals surface area contributed by atoms with Gasteiger partial charge in [-0.05, 0) is 58.3 Å². The summed E-state index contributed by atoms with van der Waals surface area (Å²) in [6.07, 6.45) is 2.10. The van der Waals surface area contributed by atoms with Gasteiger partial charge in [0, 0.05) is 32.3 Å². The Labute approximate surface area is 175 Å². The molecule has 29 heavy (non-hydrogen) atoms. The quantitative estimate of drug-likeness (QED) is 0.693. The molecule has 168 valence electrons. The Hall–Kier alpha value is -0.690. The van der Waals surface area contributed by atoms with Crippen LogP contribution in [0.25, 0.3) is 0 Å². The van der Waals surface area contributed by atoms with Gasteiger partial charge in [0.1, 0.15) is 11.7 Å². The molecule has 2 saturated heterocycles. The predicted octanol–water partition coefficient (Wildman–Crippen LogP) is 3.07. The van der Waals surface area contributed by atoms with Gasteiger partial charge in [-0.1, -0.05) is 13.8 Å². The van der Waals surface area contributed by atoms with E-state index in [0.29, 0.717) is 37.5 Å². The zero-order valence-electron chi connectivity index (χ0n) is 19.1. The van der Waals surface area contributed by atoms with E-state index in [4.69, 9.17) is 14.2 Å². The van der Waals surface area contributed by atoms with Crippen LogP contribution in [0.5, 0.6) is 0 Å². The Bertz CT molecular complexity index is 614. The standard InChI is InChI=1S/C23H40O6/c1-13(2)15-8-10-21(4,25)19-16-12-22(5,26)17(27-7)9-11-23(6,29-14(3)24)20(28-16)18(15)19/h13,15-20,25-26H,8-12H2,1-7H3/t15-,16-,17+,18-,19-,20+,21-,22+,23-/m1/s1. The summed E-state index contributed by atoms with van der Waals surface area (Å²) in [4.78, 5) is 12.0. The SMILES string of the molecule is CO[C@H]1CC[C@@](C)(OC(C)=O)[C@H]2O[C@H](C[C@]1(C)O)[C@@H]1[C@H]2[C@@H](C(C)C)CC[C@@]1(C)O.